The molecule has 28 heavy (non-hydrogen) atoms. The number of para-hydroxylation sites is 1. The number of carbonyl (C=O) groups excluding carboxylic acids is 1. The number of fused-ring (bicyclic) bond motifs is 1. The van der Waals surface area contributed by atoms with Crippen molar-refractivity contribution in [2.75, 3.05) is 31.2 Å². The maximum Gasteiger partial charge on any atom is 0.258 e. The molecule has 0 saturated carbocycles. The van der Waals surface area contributed by atoms with Gasteiger partial charge in [0, 0.05) is 30.4 Å². The van der Waals surface area contributed by atoms with Crippen molar-refractivity contribution in [3.8, 4) is 0 Å². The summed E-state index contributed by atoms with van der Waals surface area (Å²) >= 11 is 0. The minimum Gasteiger partial charge on any atom is -0.379 e. The zero-order valence-electron chi connectivity index (χ0n) is 15.9. The summed E-state index contributed by atoms with van der Waals surface area (Å²) in [6.07, 6.45) is 0.845. The van der Waals surface area contributed by atoms with Gasteiger partial charge in [0.05, 0.1) is 19.0 Å². The zero-order valence-corrected chi connectivity index (χ0v) is 16.7. The van der Waals surface area contributed by atoms with E-state index in [9.17, 15) is 13.2 Å². The number of nitrogens with zero attached hydrogens (tertiary/aromatic N) is 2. The van der Waals surface area contributed by atoms with Crippen LogP contribution in [0.1, 0.15) is 28.4 Å². The summed E-state index contributed by atoms with van der Waals surface area (Å²) in [7, 11) is -3.38. The third-order valence-electron chi connectivity index (χ3n) is 5.34. The fourth-order valence-corrected chi connectivity index (χ4v) is 5.39. The van der Waals surface area contributed by atoms with Crippen molar-refractivity contribution in [1.29, 1.82) is 0 Å². The number of carbonyl (C=O) groups is 1. The Labute approximate surface area is 165 Å². The molecule has 2 aliphatic heterocycles. The number of benzene rings is 2. The molecule has 1 saturated heterocycles. The van der Waals surface area contributed by atoms with Crippen LogP contribution in [0.25, 0.3) is 0 Å². The minimum absolute atomic E-state index is 0.0555. The molecular weight excluding hydrogens is 376 g/mol. The molecule has 0 aliphatic carbocycles. The van der Waals surface area contributed by atoms with Gasteiger partial charge >= 0.3 is 0 Å². The lowest BCUT2D eigenvalue weighted by Crippen LogP contribution is -2.41. The zero-order chi connectivity index (χ0) is 19.7. The van der Waals surface area contributed by atoms with E-state index in [4.69, 9.17) is 4.74 Å². The number of ether oxygens (including phenoxy) is 1. The Morgan fingerprint density at radius 2 is 1.75 bits per heavy atom. The largest absolute Gasteiger partial charge is 0.379 e. The highest BCUT2D eigenvalue weighted by Crippen LogP contribution is 2.33. The van der Waals surface area contributed by atoms with Gasteiger partial charge in [-0.25, -0.2) is 8.42 Å². The van der Waals surface area contributed by atoms with Crippen molar-refractivity contribution in [2.45, 2.75) is 25.1 Å². The Morgan fingerprint density at radius 1 is 1.07 bits per heavy atom. The molecule has 0 N–H and O–H groups in total. The molecule has 0 bridgehead atoms. The quantitative estimate of drug-likeness (QED) is 0.791. The summed E-state index contributed by atoms with van der Waals surface area (Å²) in [5.41, 5.74) is 3.38. The van der Waals surface area contributed by atoms with Crippen LogP contribution in [0.3, 0.4) is 0 Å². The van der Waals surface area contributed by atoms with Crippen LogP contribution in [0.5, 0.6) is 0 Å². The van der Waals surface area contributed by atoms with Crippen LogP contribution in [0.2, 0.25) is 0 Å². The Hall–Kier alpha value is -2.22. The maximum absolute atomic E-state index is 13.0. The van der Waals surface area contributed by atoms with Gasteiger partial charge < -0.3 is 9.64 Å². The highest BCUT2D eigenvalue weighted by atomic mass is 32.2. The average molecular weight is 401 g/mol. The highest BCUT2D eigenvalue weighted by molar-refractivity contribution is 7.88. The van der Waals surface area contributed by atoms with E-state index in [2.05, 4.69) is 6.07 Å². The molecule has 1 fully saturated rings. The third kappa shape index (κ3) is 3.70. The first-order valence-electron chi connectivity index (χ1n) is 9.52. The predicted molar refractivity (Wildman–Crippen MR) is 108 cm³/mol. The Morgan fingerprint density at radius 3 is 2.46 bits per heavy atom. The maximum atomic E-state index is 13.0. The van der Waals surface area contributed by atoms with Gasteiger partial charge in [-0.05, 0) is 42.7 Å². The van der Waals surface area contributed by atoms with E-state index >= 15 is 0 Å². The summed E-state index contributed by atoms with van der Waals surface area (Å²) in [5.74, 6) is -0.121. The van der Waals surface area contributed by atoms with Crippen molar-refractivity contribution in [2.24, 2.45) is 0 Å². The molecule has 4 rings (SSSR count). The predicted octanol–water partition coefficient (Wildman–Crippen LogP) is 2.44. The third-order valence-corrected chi connectivity index (χ3v) is 7.19. The number of morpholine rings is 1. The first-order valence-corrected chi connectivity index (χ1v) is 11.1. The second kappa shape index (κ2) is 7.66. The number of amides is 1. The molecule has 2 aliphatic rings. The van der Waals surface area contributed by atoms with Crippen LogP contribution in [-0.2, 0) is 26.9 Å². The summed E-state index contributed by atoms with van der Waals surface area (Å²) in [6.45, 7) is 3.70. The van der Waals surface area contributed by atoms with Gasteiger partial charge in [0.2, 0.25) is 10.0 Å². The van der Waals surface area contributed by atoms with Crippen molar-refractivity contribution >= 4 is 21.6 Å². The summed E-state index contributed by atoms with van der Waals surface area (Å²) in [6, 6.07) is 15.0. The fourth-order valence-electron chi connectivity index (χ4n) is 3.88. The standard InChI is InChI=1S/C21H24N2O4S/c1-16-14-19-4-2-3-5-20(19)23(16)21(24)18-8-6-17(7-9-18)15-28(25,26)22-10-12-27-13-11-22/h2-9,16H,10-15H2,1H3/t16-/m0/s1. The molecular formula is C21H24N2O4S. The van der Waals surface area contributed by atoms with Crippen molar-refractivity contribution in [1.82, 2.24) is 4.31 Å². The van der Waals surface area contributed by atoms with Gasteiger partial charge in [-0.3, -0.25) is 4.79 Å². The number of hydrogen-bond acceptors (Lipinski definition) is 4. The normalized spacial score (nSPS) is 20.2. The second-order valence-corrected chi connectivity index (χ2v) is 9.29. The number of hydrogen-bond donors (Lipinski definition) is 0. The molecule has 7 heteroatoms. The van der Waals surface area contributed by atoms with Crippen molar-refractivity contribution in [3.05, 3.63) is 65.2 Å². The Bertz CT molecular complexity index is 966. The lowest BCUT2D eigenvalue weighted by molar-refractivity contribution is 0.0729. The Balaban J connectivity index is 1.50. The summed E-state index contributed by atoms with van der Waals surface area (Å²) < 4.78 is 31.8. The molecule has 6 nitrogen and oxygen atoms in total. The van der Waals surface area contributed by atoms with Gasteiger partial charge in [0.1, 0.15) is 0 Å². The molecule has 0 aromatic heterocycles. The molecule has 0 spiro atoms. The molecule has 148 valence electrons. The SMILES string of the molecule is C[C@H]1Cc2ccccc2N1C(=O)c1ccc(CS(=O)(=O)N2CCOCC2)cc1. The molecule has 1 amide bonds. The molecule has 0 radical (unpaired) electrons. The van der Waals surface area contributed by atoms with Crippen LogP contribution >= 0.6 is 0 Å². The lowest BCUT2D eigenvalue weighted by atomic mass is 10.1. The second-order valence-electron chi connectivity index (χ2n) is 7.32. The van der Waals surface area contributed by atoms with E-state index in [-0.39, 0.29) is 17.7 Å². The number of rotatable bonds is 4. The average Bonchev–Trinajstić information content (AvgIpc) is 3.04. The lowest BCUT2D eigenvalue weighted by Gasteiger charge is -2.26. The van der Waals surface area contributed by atoms with E-state index in [1.54, 1.807) is 24.3 Å². The van der Waals surface area contributed by atoms with Gasteiger partial charge in [0.25, 0.3) is 5.91 Å². The van der Waals surface area contributed by atoms with E-state index in [0.29, 0.717) is 37.4 Å². The number of sulfonamides is 1. The molecule has 1 atom stereocenters. The molecule has 0 unspecified atom stereocenters. The van der Waals surface area contributed by atoms with Crippen LogP contribution in [0.4, 0.5) is 5.69 Å². The van der Waals surface area contributed by atoms with Crippen LogP contribution in [-0.4, -0.2) is 51.0 Å². The summed E-state index contributed by atoms with van der Waals surface area (Å²) in [4.78, 5) is 14.9. The van der Waals surface area contributed by atoms with E-state index in [0.717, 1.165) is 12.1 Å². The van der Waals surface area contributed by atoms with Crippen LogP contribution in [0, 0.1) is 0 Å². The minimum atomic E-state index is -3.38. The fraction of sp³-hybridized carbons (Fsp3) is 0.381. The molecule has 2 aromatic rings. The van der Waals surface area contributed by atoms with Crippen LogP contribution < -0.4 is 4.90 Å². The van der Waals surface area contributed by atoms with E-state index < -0.39 is 10.0 Å². The van der Waals surface area contributed by atoms with Gasteiger partial charge in [0.15, 0.2) is 0 Å². The highest BCUT2D eigenvalue weighted by Gasteiger charge is 2.31. The van der Waals surface area contributed by atoms with Gasteiger partial charge in [-0.15, -0.1) is 0 Å². The number of anilines is 1. The molecule has 2 heterocycles. The first-order chi connectivity index (χ1) is 13.5. The summed E-state index contributed by atoms with van der Waals surface area (Å²) in [5, 5.41) is 0. The van der Waals surface area contributed by atoms with Crippen molar-refractivity contribution < 1.29 is 17.9 Å². The van der Waals surface area contributed by atoms with E-state index in [1.165, 1.54) is 9.87 Å². The van der Waals surface area contributed by atoms with E-state index in [1.807, 2.05) is 30.0 Å². The monoisotopic (exact) mass is 400 g/mol. The topological polar surface area (TPSA) is 66.9 Å². The molecule has 2 aromatic carbocycles. The van der Waals surface area contributed by atoms with Crippen LogP contribution in [0.15, 0.2) is 48.5 Å². The van der Waals surface area contributed by atoms with Gasteiger partial charge in [-0.1, -0.05) is 30.3 Å². The first kappa shape index (κ1) is 19.1. The van der Waals surface area contributed by atoms with Crippen molar-refractivity contribution in [3.63, 3.8) is 0 Å². The Kier molecular flexibility index (Phi) is 5.23. The smallest absolute Gasteiger partial charge is 0.258 e. The van der Waals surface area contributed by atoms with Gasteiger partial charge in [-0.2, -0.15) is 4.31 Å².